The standard InChI is InChI=1S/C13H21NO/c1-12(2)4-6-13(14,7-5-12)9-11-3-8-15-10-11/h3,8,10H,4-7,9,14H2,1-2H3. The van der Waals surface area contributed by atoms with E-state index in [4.69, 9.17) is 10.2 Å². The van der Waals surface area contributed by atoms with Gasteiger partial charge in [0.25, 0.3) is 0 Å². The Morgan fingerprint density at radius 1 is 1.27 bits per heavy atom. The molecular weight excluding hydrogens is 186 g/mol. The molecule has 0 radical (unpaired) electrons. The van der Waals surface area contributed by atoms with Gasteiger partial charge in [0.15, 0.2) is 0 Å². The average molecular weight is 207 g/mol. The lowest BCUT2D eigenvalue weighted by atomic mass is 9.68. The third-order valence-electron chi connectivity index (χ3n) is 3.74. The summed E-state index contributed by atoms with van der Waals surface area (Å²) in [6.45, 7) is 4.68. The molecule has 2 heteroatoms. The summed E-state index contributed by atoms with van der Waals surface area (Å²) >= 11 is 0. The summed E-state index contributed by atoms with van der Waals surface area (Å²) in [5.41, 5.74) is 8.15. The molecule has 1 aliphatic carbocycles. The average Bonchev–Trinajstić information content (AvgIpc) is 2.64. The fourth-order valence-electron chi connectivity index (χ4n) is 2.40. The molecule has 0 aromatic carbocycles. The van der Waals surface area contributed by atoms with E-state index in [1.807, 2.05) is 12.3 Å². The maximum Gasteiger partial charge on any atom is 0.0935 e. The van der Waals surface area contributed by atoms with E-state index in [1.165, 1.54) is 18.4 Å². The van der Waals surface area contributed by atoms with Crippen molar-refractivity contribution in [3.8, 4) is 0 Å². The molecule has 0 aliphatic heterocycles. The molecule has 2 rings (SSSR count). The molecule has 2 N–H and O–H groups in total. The van der Waals surface area contributed by atoms with Crippen molar-refractivity contribution in [1.29, 1.82) is 0 Å². The second-order valence-electron chi connectivity index (χ2n) is 5.83. The summed E-state index contributed by atoms with van der Waals surface area (Å²) in [5.74, 6) is 0. The van der Waals surface area contributed by atoms with Gasteiger partial charge >= 0.3 is 0 Å². The highest BCUT2D eigenvalue weighted by Gasteiger charge is 2.35. The lowest BCUT2D eigenvalue weighted by molar-refractivity contribution is 0.164. The highest BCUT2D eigenvalue weighted by Crippen LogP contribution is 2.40. The molecule has 1 aromatic rings. The number of rotatable bonds is 2. The van der Waals surface area contributed by atoms with Crippen molar-refractivity contribution in [2.45, 2.75) is 51.5 Å². The van der Waals surface area contributed by atoms with Crippen LogP contribution >= 0.6 is 0 Å². The molecule has 0 amide bonds. The third-order valence-corrected chi connectivity index (χ3v) is 3.74. The smallest absolute Gasteiger partial charge is 0.0935 e. The number of nitrogens with two attached hydrogens (primary N) is 1. The SMILES string of the molecule is CC1(C)CCC(N)(Cc2ccoc2)CC1. The predicted octanol–water partition coefficient (Wildman–Crippen LogP) is 3.12. The molecule has 84 valence electrons. The van der Waals surface area contributed by atoms with Crippen molar-refractivity contribution in [3.05, 3.63) is 24.2 Å². The first-order valence-corrected chi connectivity index (χ1v) is 5.79. The predicted molar refractivity (Wildman–Crippen MR) is 61.6 cm³/mol. The summed E-state index contributed by atoms with van der Waals surface area (Å²) in [7, 11) is 0. The van der Waals surface area contributed by atoms with Crippen LogP contribution in [0.3, 0.4) is 0 Å². The Kier molecular flexibility index (Phi) is 2.63. The summed E-state index contributed by atoms with van der Waals surface area (Å²) in [5, 5.41) is 0. The van der Waals surface area contributed by atoms with Gasteiger partial charge < -0.3 is 10.2 Å². The zero-order valence-electron chi connectivity index (χ0n) is 9.75. The molecule has 2 nitrogen and oxygen atoms in total. The van der Waals surface area contributed by atoms with Gasteiger partial charge in [-0.2, -0.15) is 0 Å². The number of hydrogen-bond donors (Lipinski definition) is 1. The van der Waals surface area contributed by atoms with Gasteiger partial charge in [0.05, 0.1) is 12.5 Å². The van der Waals surface area contributed by atoms with E-state index in [-0.39, 0.29) is 5.54 Å². The minimum Gasteiger partial charge on any atom is -0.472 e. The van der Waals surface area contributed by atoms with Crippen LogP contribution in [0.5, 0.6) is 0 Å². The zero-order valence-corrected chi connectivity index (χ0v) is 9.75. The summed E-state index contributed by atoms with van der Waals surface area (Å²) < 4.78 is 5.09. The zero-order chi connectivity index (χ0) is 10.9. The van der Waals surface area contributed by atoms with Crippen LogP contribution in [-0.4, -0.2) is 5.54 Å². The van der Waals surface area contributed by atoms with Gasteiger partial charge in [0, 0.05) is 5.54 Å². The quantitative estimate of drug-likeness (QED) is 0.809. The molecule has 15 heavy (non-hydrogen) atoms. The molecule has 0 saturated heterocycles. The Morgan fingerprint density at radius 3 is 2.47 bits per heavy atom. The van der Waals surface area contributed by atoms with E-state index in [9.17, 15) is 0 Å². The second-order valence-corrected chi connectivity index (χ2v) is 5.83. The Morgan fingerprint density at radius 2 is 1.93 bits per heavy atom. The Labute approximate surface area is 91.8 Å². The minimum atomic E-state index is -0.000602. The molecule has 0 atom stereocenters. The highest BCUT2D eigenvalue weighted by molar-refractivity contribution is 5.11. The fourth-order valence-corrected chi connectivity index (χ4v) is 2.40. The number of hydrogen-bond acceptors (Lipinski definition) is 2. The minimum absolute atomic E-state index is 0.000602. The van der Waals surface area contributed by atoms with Crippen molar-refractivity contribution in [3.63, 3.8) is 0 Å². The first-order valence-electron chi connectivity index (χ1n) is 5.79. The van der Waals surface area contributed by atoms with Crippen molar-refractivity contribution in [2.75, 3.05) is 0 Å². The first kappa shape index (κ1) is 10.7. The Bertz CT molecular complexity index is 303. The van der Waals surface area contributed by atoms with E-state index in [2.05, 4.69) is 13.8 Å². The van der Waals surface area contributed by atoms with E-state index >= 15 is 0 Å². The van der Waals surface area contributed by atoms with Crippen molar-refractivity contribution >= 4 is 0 Å². The molecule has 1 saturated carbocycles. The Balaban J connectivity index is 1.98. The van der Waals surface area contributed by atoms with E-state index in [0.717, 1.165) is 19.3 Å². The van der Waals surface area contributed by atoms with Crippen LogP contribution in [0.25, 0.3) is 0 Å². The summed E-state index contributed by atoms with van der Waals surface area (Å²) in [6.07, 6.45) is 9.23. The van der Waals surface area contributed by atoms with Gasteiger partial charge in [-0.15, -0.1) is 0 Å². The largest absolute Gasteiger partial charge is 0.472 e. The van der Waals surface area contributed by atoms with Crippen LogP contribution in [0, 0.1) is 5.41 Å². The molecule has 0 bridgehead atoms. The molecule has 1 aromatic heterocycles. The van der Waals surface area contributed by atoms with Crippen LogP contribution in [0.15, 0.2) is 23.0 Å². The topological polar surface area (TPSA) is 39.2 Å². The van der Waals surface area contributed by atoms with Crippen LogP contribution in [0.2, 0.25) is 0 Å². The molecular formula is C13H21NO. The Hall–Kier alpha value is -0.760. The van der Waals surface area contributed by atoms with Gasteiger partial charge in [-0.05, 0) is 49.1 Å². The third kappa shape index (κ3) is 2.63. The molecule has 1 aliphatic rings. The van der Waals surface area contributed by atoms with Crippen LogP contribution in [-0.2, 0) is 6.42 Å². The van der Waals surface area contributed by atoms with E-state index in [0.29, 0.717) is 5.41 Å². The normalized spacial score (nSPS) is 23.9. The van der Waals surface area contributed by atoms with Gasteiger partial charge in [0.1, 0.15) is 0 Å². The van der Waals surface area contributed by atoms with E-state index in [1.54, 1.807) is 6.26 Å². The van der Waals surface area contributed by atoms with Gasteiger partial charge in [0.2, 0.25) is 0 Å². The number of furan rings is 1. The lowest BCUT2D eigenvalue weighted by Crippen LogP contribution is -2.46. The van der Waals surface area contributed by atoms with Crippen LogP contribution in [0.1, 0.15) is 45.1 Å². The van der Waals surface area contributed by atoms with Crippen LogP contribution < -0.4 is 5.73 Å². The summed E-state index contributed by atoms with van der Waals surface area (Å²) in [4.78, 5) is 0. The van der Waals surface area contributed by atoms with Crippen LogP contribution in [0.4, 0.5) is 0 Å². The maximum atomic E-state index is 6.43. The van der Waals surface area contributed by atoms with Crippen molar-refractivity contribution in [2.24, 2.45) is 11.1 Å². The van der Waals surface area contributed by atoms with Gasteiger partial charge in [-0.25, -0.2) is 0 Å². The maximum absolute atomic E-state index is 6.43. The molecule has 1 heterocycles. The van der Waals surface area contributed by atoms with E-state index < -0.39 is 0 Å². The monoisotopic (exact) mass is 207 g/mol. The van der Waals surface area contributed by atoms with Crippen molar-refractivity contribution in [1.82, 2.24) is 0 Å². The van der Waals surface area contributed by atoms with Gasteiger partial charge in [-0.1, -0.05) is 13.8 Å². The highest BCUT2D eigenvalue weighted by atomic mass is 16.3. The second kappa shape index (κ2) is 3.67. The lowest BCUT2D eigenvalue weighted by Gasteiger charge is -2.41. The first-order chi connectivity index (χ1) is 6.99. The molecule has 0 unspecified atom stereocenters. The molecule has 1 fully saturated rings. The van der Waals surface area contributed by atoms with Gasteiger partial charge in [-0.3, -0.25) is 0 Å². The summed E-state index contributed by atoms with van der Waals surface area (Å²) in [6, 6.07) is 2.02. The van der Waals surface area contributed by atoms with Crippen molar-refractivity contribution < 1.29 is 4.42 Å². The fraction of sp³-hybridized carbons (Fsp3) is 0.692. The molecule has 0 spiro atoms.